The summed E-state index contributed by atoms with van der Waals surface area (Å²) in [6.07, 6.45) is 0. The smallest absolute Gasteiger partial charge is 0.323 e. The first-order chi connectivity index (χ1) is 6.00. The van der Waals surface area contributed by atoms with Crippen LogP contribution in [0.5, 0.6) is 0 Å². The Morgan fingerprint density at radius 1 is 1.38 bits per heavy atom. The number of amides is 1. The molecule has 0 fully saturated rings. The predicted molar refractivity (Wildman–Crippen MR) is 43.9 cm³/mol. The van der Waals surface area contributed by atoms with Crippen LogP contribution < -0.4 is 10.6 Å². The summed E-state index contributed by atoms with van der Waals surface area (Å²) in [6.45, 7) is 1.20. The predicted octanol–water partition coefficient (Wildman–Crippen LogP) is -1.43. The molecule has 0 bridgehead atoms. The molecule has 0 spiro atoms. The molecule has 0 aliphatic carbocycles. The number of carbonyl (C=O) groups excluding carboxylic acids is 2. The van der Waals surface area contributed by atoms with Gasteiger partial charge in [-0.25, -0.2) is 0 Å². The van der Waals surface area contributed by atoms with Crippen LogP contribution >= 0.6 is 0 Å². The van der Waals surface area contributed by atoms with Gasteiger partial charge in [-0.1, -0.05) is 0 Å². The summed E-state index contributed by atoms with van der Waals surface area (Å²) in [4.78, 5) is 32.2. The summed E-state index contributed by atoms with van der Waals surface area (Å²) in [6, 6.07) is 0. The molecule has 0 aliphatic heterocycles. The highest BCUT2D eigenvalue weighted by molar-refractivity contribution is 6.15. The summed E-state index contributed by atoms with van der Waals surface area (Å²) >= 11 is 0. The van der Waals surface area contributed by atoms with E-state index in [2.05, 4.69) is 10.6 Å². The maximum Gasteiger partial charge on any atom is 0.323 e. The highest BCUT2D eigenvalue weighted by Crippen LogP contribution is 1.98. The molecule has 74 valence electrons. The van der Waals surface area contributed by atoms with Crippen molar-refractivity contribution in [2.24, 2.45) is 5.92 Å². The number of ketones is 1. The van der Waals surface area contributed by atoms with E-state index in [9.17, 15) is 14.4 Å². The van der Waals surface area contributed by atoms with Crippen molar-refractivity contribution in [3.63, 3.8) is 0 Å². The van der Waals surface area contributed by atoms with Crippen molar-refractivity contribution >= 4 is 17.7 Å². The number of nitrogens with one attached hydrogen (secondary N) is 2. The van der Waals surface area contributed by atoms with Crippen LogP contribution in [0.2, 0.25) is 0 Å². The average molecular weight is 188 g/mol. The second kappa shape index (κ2) is 5.26. The molecule has 0 rings (SSSR count). The fourth-order valence-corrected chi connectivity index (χ4v) is 0.748. The van der Waals surface area contributed by atoms with Gasteiger partial charge in [0.15, 0.2) is 11.7 Å². The first-order valence-corrected chi connectivity index (χ1v) is 3.66. The zero-order valence-electron chi connectivity index (χ0n) is 7.46. The zero-order chi connectivity index (χ0) is 10.4. The lowest BCUT2D eigenvalue weighted by molar-refractivity contribution is -0.150. The van der Waals surface area contributed by atoms with E-state index < -0.39 is 23.6 Å². The minimum absolute atomic E-state index is 0.135. The van der Waals surface area contributed by atoms with Gasteiger partial charge in [-0.15, -0.1) is 0 Å². The van der Waals surface area contributed by atoms with E-state index in [1.807, 2.05) is 0 Å². The molecule has 0 saturated heterocycles. The molecular formula is C7H12N2O4. The van der Waals surface area contributed by atoms with E-state index in [0.29, 0.717) is 0 Å². The van der Waals surface area contributed by atoms with Gasteiger partial charge >= 0.3 is 5.97 Å². The monoisotopic (exact) mass is 188 g/mol. The van der Waals surface area contributed by atoms with Gasteiger partial charge in [0, 0.05) is 0 Å². The molecule has 13 heavy (non-hydrogen) atoms. The number of Topliss-reactive ketones (excluding diaryl/α,β-unsaturated/α-hetero) is 1. The maximum absolute atomic E-state index is 11.0. The SMILES string of the molecule is CNCNC(=O)C(C(C)=O)C(=O)O. The molecule has 3 N–H and O–H groups in total. The Labute approximate surface area is 75.3 Å². The fourth-order valence-electron chi connectivity index (χ4n) is 0.748. The van der Waals surface area contributed by atoms with Gasteiger partial charge in [0.25, 0.3) is 0 Å². The van der Waals surface area contributed by atoms with E-state index in [1.165, 1.54) is 0 Å². The van der Waals surface area contributed by atoms with Crippen molar-refractivity contribution in [3.8, 4) is 0 Å². The Balaban J connectivity index is 4.30. The number of hydrogen-bond donors (Lipinski definition) is 3. The van der Waals surface area contributed by atoms with Crippen molar-refractivity contribution in [2.75, 3.05) is 13.7 Å². The highest BCUT2D eigenvalue weighted by atomic mass is 16.4. The second-order valence-corrected chi connectivity index (χ2v) is 2.45. The largest absolute Gasteiger partial charge is 0.480 e. The number of hydrogen-bond acceptors (Lipinski definition) is 4. The molecule has 0 aromatic heterocycles. The van der Waals surface area contributed by atoms with Gasteiger partial charge in [0.2, 0.25) is 5.91 Å². The third-order valence-electron chi connectivity index (χ3n) is 1.36. The van der Waals surface area contributed by atoms with Crippen LogP contribution in [0, 0.1) is 5.92 Å². The van der Waals surface area contributed by atoms with Crippen molar-refractivity contribution in [1.29, 1.82) is 0 Å². The Morgan fingerprint density at radius 3 is 2.23 bits per heavy atom. The van der Waals surface area contributed by atoms with Crippen LogP contribution in [-0.4, -0.2) is 36.5 Å². The third kappa shape index (κ3) is 3.66. The van der Waals surface area contributed by atoms with Crippen LogP contribution in [0.4, 0.5) is 0 Å². The summed E-state index contributed by atoms with van der Waals surface area (Å²) < 4.78 is 0. The van der Waals surface area contributed by atoms with Crippen LogP contribution in [0.15, 0.2) is 0 Å². The Bertz CT molecular complexity index is 213. The van der Waals surface area contributed by atoms with Crippen molar-refractivity contribution in [3.05, 3.63) is 0 Å². The average Bonchev–Trinajstić information content (AvgIpc) is 1.99. The molecule has 1 amide bonds. The molecular weight excluding hydrogens is 176 g/mol. The van der Waals surface area contributed by atoms with Crippen molar-refractivity contribution in [1.82, 2.24) is 10.6 Å². The minimum atomic E-state index is -1.60. The molecule has 0 aromatic carbocycles. The van der Waals surface area contributed by atoms with Crippen molar-refractivity contribution in [2.45, 2.75) is 6.92 Å². The van der Waals surface area contributed by atoms with Crippen LogP contribution in [-0.2, 0) is 14.4 Å². The lowest BCUT2D eigenvalue weighted by Gasteiger charge is -2.08. The van der Waals surface area contributed by atoms with Gasteiger partial charge in [0.05, 0.1) is 6.67 Å². The number of rotatable bonds is 5. The summed E-state index contributed by atoms with van der Waals surface area (Å²) in [5, 5.41) is 13.3. The topological polar surface area (TPSA) is 95.5 Å². The molecule has 1 unspecified atom stereocenters. The lowest BCUT2D eigenvalue weighted by Crippen LogP contribution is -2.42. The quantitative estimate of drug-likeness (QED) is 0.363. The molecule has 0 aromatic rings. The number of aliphatic carboxylic acids is 1. The molecule has 0 radical (unpaired) electrons. The van der Waals surface area contributed by atoms with E-state index in [1.54, 1.807) is 7.05 Å². The van der Waals surface area contributed by atoms with E-state index in [0.717, 1.165) is 6.92 Å². The standard InChI is InChI=1S/C7H12N2O4/c1-4(10)5(7(12)13)6(11)9-3-8-2/h5,8H,3H2,1-2H3,(H,9,11)(H,12,13). The molecule has 6 nitrogen and oxygen atoms in total. The maximum atomic E-state index is 11.0. The summed E-state index contributed by atoms with van der Waals surface area (Å²) in [7, 11) is 1.59. The Kier molecular flexibility index (Phi) is 4.68. The normalized spacial score (nSPS) is 11.8. The Morgan fingerprint density at radius 2 is 1.92 bits per heavy atom. The van der Waals surface area contributed by atoms with Crippen molar-refractivity contribution < 1.29 is 19.5 Å². The second-order valence-electron chi connectivity index (χ2n) is 2.45. The van der Waals surface area contributed by atoms with Crippen LogP contribution in [0.1, 0.15) is 6.92 Å². The molecule has 0 heterocycles. The lowest BCUT2D eigenvalue weighted by atomic mass is 10.1. The number of carboxylic acids is 1. The molecule has 0 aliphatic rings. The van der Waals surface area contributed by atoms with E-state index in [-0.39, 0.29) is 6.67 Å². The van der Waals surface area contributed by atoms with Gasteiger partial charge in [-0.2, -0.15) is 0 Å². The molecule has 6 heteroatoms. The van der Waals surface area contributed by atoms with E-state index in [4.69, 9.17) is 5.11 Å². The first kappa shape index (κ1) is 11.6. The van der Waals surface area contributed by atoms with Crippen LogP contribution in [0.3, 0.4) is 0 Å². The minimum Gasteiger partial charge on any atom is -0.480 e. The summed E-state index contributed by atoms with van der Waals surface area (Å²) in [5.41, 5.74) is 0. The number of carbonyl (C=O) groups is 3. The van der Waals surface area contributed by atoms with Crippen LogP contribution in [0.25, 0.3) is 0 Å². The summed E-state index contributed by atoms with van der Waals surface area (Å²) in [5.74, 6) is -4.51. The van der Waals surface area contributed by atoms with E-state index >= 15 is 0 Å². The fraction of sp³-hybridized carbons (Fsp3) is 0.571. The van der Waals surface area contributed by atoms with Gasteiger partial charge in [-0.3, -0.25) is 14.4 Å². The van der Waals surface area contributed by atoms with Gasteiger partial charge < -0.3 is 15.7 Å². The zero-order valence-corrected chi connectivity index (χ0v) is 7.46. The van der Waals surface area contributed by atoms with Gasteiger partial charge in [-0.05, 0) is 14.0 Å². The molecule has 1 atom stereocenters. The third-order valence-corrected chi connectivity index (χ3v) is 1.36. The Hall–Kier alpha value is -1.43. The van der Waals surface area contributed by atoms with Gasteiger partial charge in [0.1, 0.15) is 0 Å². The molecule has 0 saturated carbocycles. The first-order valence-electron chi connectivity index (χ1n) is 3.66. The number of carboxylic acid groups (broad SMARTS) is 1. The highest BCUT2D eigenvalue weighted by Gasteiger charge is 2.30.